The van der Waals surface area contributed by atoms with Gasteiger partial charge in [-0.2, -0.15) is 0 Å². The van der Waals surface area contributed by atoms with Crippen LogP contribution in [0, 0.1) is 11.8 Å². The van der Waals surface area contributed by atoms with E-state index in [0.29, 0.717) is 12.5 Å². The molecule has 0 spiro atoms. The van der Waals surface area contributed by atoms with Crippen molar-refractivity contribution in [1.29, 1.82) is 0 Å². The van der Waals surface area contributed by atoms with Crippen LogP contribution in [0.25, 0.3) is 0 Å². The van der Waals surface area contributed by atoms with Crippen molar-refractivity contribution in [3.05, 3.63) is 0 Å². The summed E-state index contributed by atoms with van der Waals surface area (Å²) in [4.78, 5) is 11.1. The molecular weight excluding hydrogens is 140 g/mol. The minimum Gasteiger partial charge on any atom is -0.465 e. The molecule has 2 atom stereocenters. The molecule has 2 nitrogen and oxygen atoms in total. The summed E-state index contributed by atoms with van der Waals surface area (Å²) >= 11 is 0. The maximum atomic E-state index is 11.1. The molecule has 0 radical (unpaired) electrons. The summed E-state index contributed by atoms with van der Waals surface area (Å²) < 4.78 is 4.98. The van der Waals surface area contributed by atoms with E-state index < -0.39 is 0 Å². The van der Waals surface area contributed by atoms with Gasteiger partial charge in [-0.25, -0.2) is 0 Å². The van der Waals surface area contributed by atoms with E-state index >= 15 is 0 Å². The summed E-state index contributed by atoms with van der Waals surface area (Å²) in [6, 6.07) is 0. The molecule has 1 rings (SSSR count). The van der Waals surface area contributed by atoms with Crippen molar-refractivity contribution in [2.24, 2.45) is 11.8 Å². The molecule has 0 unspecified atom stereocenters. The van der Waals surface area contributed by atoms with Gasteiger partial charge in [-0.05, 0) is 12.8 Å². The molecule has 0 aromatic heterocycles. The number of hydrogen-bond acceptors (Lipinski definition) is 2. The van der Waals surface area contributed by atoms with Crippen molar-refractivity contribution in [3.8, 4) is 0 Å². The van der Waals surface area contributed by atoms with Crippen LogP contribution in [0.5, 0.6) is 0 Å². The number of cyclic esters (lactones) is 1. The van der Waals surface area contributed by atoms with Gasteiger partial charge >= 0.3 is 5.97 Å². The molecule has 1 saturated heterocycles. The van der Waals surface area contributed by atoms with Crippen molar-refractivity contribution in [2.45, 2.75) is 33.1 Å². The Bertz CT molecular complexity index is 142. The molecule has 1 aliphatic rings. The van der Waals surface area contributed by atoms with Gasteiger partial charge in [-0.1, -0.05) is 20.3 Å². The highest BCUT2D eigenvalue weighted by Crippen LogP contribution is 2.28. The average molecular weight is 156 g/mol. The van der Waals surface area contributed by atoms with Crippen LogP contribution in [0.1, 0.15) is 33.1 Å². The summed E-state index contributed by atoms with van der Waals surface area (Å²) in [7, 11) is 0. The second-order valence-corrected chi connectivity index (χ2v) is 3.19. The fourth-order valence-electron chi connectivity index (χ4n) is 1.67. The molecule has 0 N–H and O–H groups in total. The van der Waals surface area contributed by atoms with E-state index in [1.54, 1.807) is 0 Å². The van der Waals surface area contributed by atoms with E-state index in [9.17, 15) is 4.79 Å². The highest BCUT2D eigenvalue weighted by atomic mass is 16.5. The van der Waals surface area contributed by atoms with Gasteiger partial charge in [0.2, 0.25) is 0 Å². The molecule has 0 amide bonds. The number of esters is 1. The standard InChI is InChI=1S/C9H16O2/c1-3-5-8-7(4-2)6-11-9(8)10/h7-8H,3-6H2,1-2H3/t7-,8-/m0/s1. The van der Waals surface area contributed by atoms with Crippen molar-refractivity contribution in [2.75, 3.05) is 6.61 Å². The molecule has 0 bridgehead atoms. The molecule has 0 aromatic carbocycles. The predicted molar refractivity (Wildman–Crippen MR) is 43.1 cm³/mol. The molecule has 1 heterocycles. The van der Waals surface area contributed by atoms with Crippen molar-refractivity contribution < 1.29 is 9.53 Å². The van der Waals surface area contributed by atoms with Crippen molar-refractivity contribution in [3.63, 3.8) is 0 Å². The van der Waals surface area contributed by atoms with Crippen LogP contribution in [0.2, 0.25) is 0 Å². The van der Waals surface area contributed by atoms with Crippen LogP contribution < -0.4 is 0 Å². The lowest BCUT2D eigenvalue weighted by Crippen LogP contribution is -2.14. The highest BCUT2D eigenvalue weighted by molar-refractivity contribution is 5.74. The fraction of sp³-hybridized carbons (Fsp3) is 0.889. The SMILES string of the molecule is CCC[C@@H]1C(=O)OC[C@@H]1CC. The smallest absolute Gasteiger partial charge is 0.309 e. The lowest BCUT2D eigenvalue weighted by atomic mass is 9.89. The Morgan fingerprint density at radius 1 is 1.55 bits per heavy atom. The normalized spacial score (nSPS) is 30.5. The molecule has 1 aliphatic heterocycles. The molecule has 11 heavy (non-hydrogen) atoms. The number of carbonyl (C=O) groups excluding carboxylic acids is 1. The Labute approximate surface area is 67.9 Å². The number of rotatable bonds is 3. The Balaban J connectivity index is 2.49. The molecule has 1 fully saturated rings. The van der Waals surface area contributed by atoms with Gasteiger partial charge in [0.15, 0.2) is 0 Å². The molecule has 2 heteroatoms. The van der Waals surface area contributed by atoms with Gasteiger partial charge in [-0.3, -0.25) is 4.79 Å². The van der Waals surface area contributed by atoms with Gasteiger partial charge in [0, 0.05) is 5.92 Å². The number of carbonyl (C=O) groups is 1. The van der Waals surface area contributed by atoms with Crippen LogP contribution in [0.4, 0.5) is 0 Å². The third-order valence-electron chi connectivity index (χ3n) is 2.44. The summed E-state index contributed by atoms with van der Waals surface area (Å²) in [5.41, 5.74) is 0. The first kappa shape index (κ1) is 8.57. The summed E-state index contributed by atoms with van der Waals surface area (Å²) in [6.07, 6.45) is 3.14. The van der Waals surface area contributed by atoms with E-state index in [-0.39, 0.29) is 11.9 Å². The Hall–Kier alpha value is -0.530. The number of ether oxygens (including phenoxy) is 1. The average Bonchev–Trinajstić information content (AvgIpc) is 2.34. The van der Waals surface area contributed by atoms with E-state index in [1.807, 2.05) is 0 Å². The highest BCUT2D eigenvalue weighted by Gasteiger charge is 2.34. The van der Waals surface area contributed by atoms with Gasteiger partial charge in [0.25, 0.3) is 0 Å². The zero-order valence-corrected chi connectivity index (χ0v) is 7.30. The monoisotopic (exact) mass is 156 g/mol. The quantitative estimate of drug-likeness (QED) is 0.584. The minimum absolute atomic E-state index is 0.0266. The third-order valence-corrected chi connectivity index (χ3v) is 2.44. The first-order chi connectivity index (χ1) is 5.29. The second kappa shape index (κ2) is 3.74. The van der Waals surface area contributed by atoms with E-state index in [1.165, 1.54) is 0 Å². The van der Waals surface area contributed by atoms with Crippen molar-refractivity contribution >= 4 is 5.97 Å². The van der Waals surface area contributed by atoms with Gasteiger partial charge in [0.05, 0.1) is 12.5 Å². The summed E-state index contributed by atoms with van der Waals surface area (Å²) in [5, 5.41) is 0. The zero-order valence-electron chi connectivity index (χ0n) is 7.30. The Morgan fingerprint density at radius 3 is 2.82 bits per heavy atom. The molecule has 0 saturated carbocycles. The summed E-state index contributed by atoms with van der Waals surface area (Å²) in [5.74, 6) is 0.714. The van der Waals surface area contributed by atoms with E-state index in [2.05, 4.69) is 13.8 Å². The maximum absolute atomic E-state index is 11.1. The molecule has 0 aromatic rings. The lowest BCUT2D eigenvalue weighted by Gasteiger charge is -2.10. The summed E-state index contributed by atoms with van der Waals surface area (Å²) in [6.45, 7) is 4.88. The van der Waals surface area contributed by atoms with E-state index in [0.717, 1.165) is 19.3 Å². The van der Waals surface area contributed by atoms with Gasteiger partial charge in [-0.15, -0.1) is 0 Å². The molecule has 0 aliphatic carbocycles. The van der Waals surface area contributed by atoms with Crippen LogP contribution >= 0.6 is 0 Å². The number of hydrogen-bond donors (Lipinski definition) is 0. The van der Waals surface area contributed by atoms with Crippen LogP contribution in [-0.4, -0.2) is 12.6 Å². The van der Waals surface area contributed by atoms with Gasteiger partial charge in [0.1, 0.15) is 0 Å². The van der Waals surface area contributed by atoms with Crippen LogP contribution in [0.15, 0.2) is 0 Å². The first-order valence-electron chi connectivity index (χ1n) is 4.46. The van der Waals surface area contributed by atoms with Crippen LogP contribution in [0.3, 0.4) is 0 Å². The largest absolute Gasteiger partial charge is 0.465 e. The third kappa shape index (κ3) is 1.73. The van der Waals surface area contributed by atoms with Crippen LogP contribution in [-0.2, 0) is 9.53 Å². The second-order valence-electron chi connectivity index (χ2n) is 3.19. The predicted octanol–water partition coefficient (Wildman–Crippen LogP) is 1.99. The van der Waals surface area contributed by atoms with E-state index in [4.69, 9.17) is 4.74 Å². The molecular formula is C9H16O2. The van der Waals surface area contributed by atoms with Gasteiger partial charge < -0.3 is 4.74 Å². The first-order valence-corrected chi connectivity index (χ1v) is 4.46. The molecule has 64 valence electrons. The van der Waals surface area contributed by atoms with Crippen molar-refractivity contribution in [1.82, 2.24) is 0 Å². The lowest BCUT2D eigenvalue weighted by molar-refractivity contribution is -0.141. The Kier molecular flexibility index (Phi) is 2.92. The Morgan fingerprint density at radius 2 is 2.27 bits per heavy atom. The zero-order chi connectivity index (χ0) is 8.27. The minimum atomic E-state index is 0.0266. The fourth-order valence-corrected chi connectivity index (χ4v) is 1.67. The maximum Gasteiger partial charge on any atom is 0.309 e. The topological polar surface area (TPSA) is 26.3 Å².